The van der Waals surface area contributed by atoms with E-state index in [9.17, 15) is 24.0 Å². The molecule has 0 saturated carbocycles. The first-order valence-electron chi connectivity index (χ1n) is 14.9. The molecule has 19 heteroatoms. The number of rotatable bonds is 13. The summed E-state index contributed by atoms with van der Waals surface area (Å²) in [5.41, 5.74) is 6.71. The fourth-order valence-electron chi connectivity index (χ4n) is 3.71. The van der Waals surface area contributed by atoms with E-state index in [4.69, 9.17) is 29.5 Å². The normalized spacial score (nSPS) is 15.9. The fourth-order valence-corrected chi connectivity index (χ4v) is 6.12. The summed E-state index contributed by atoms with van der Waals surface area (Å²) in [4.78, 5) is 79.1. The number of thiazole rings is 2. The second kappa shape index (κ2) is 17.4. The minimum absolute atomic E-state index is 0.0664. The van der Waals surface area contributed by atoms with Crippen LogP contribution in [0.4, 0.5) is 5.13 Å². The monoisotopic (exact) mass is 752 g/mol. The van der Waals surface area contributed by atoms with E-state index in [0.29, 0.717) is 5.57 Å². The van der Waals surface area contributed by atoms with Gasteiger partial charge in [-0.05, 0) is 60.1 Å². The molecule has 16 nitrogen and oxygen atoms in total. The lowest BCUT2D eigenvalue weighted by atomic mass is 9.97. The summed E-state index contributed by atoms with van der Waals surface area (Å²) in [6.07, 6.45) is 3.48. The van der Waals surface area contributed by atoms with E-state index in [1.807, 2.05) is 6.92 Å². The summed E-state index contributed by atoms with van der Waals surface area (Å²) >= 11 is 3.62. The maximum absolute atomic E-state index is 13.6. The lowest BCUT2D eigenvalue weighted by Gasteiger charge is -2.32. The highest BCUT2D eigenvalue weighted by atomic mass is 32.2. The number of allylic oxidation sites excluding steroid dienone is 1. The Morgan fingerprint density at radius 2 is 1.66 bits per heavy atom. The zero-order chi connectivity index (χ0) is 37.2. The van der Waals surface area contributed by atoms with E-state index in [1.54, 1.807) is 59.2 Å². The molecule has 0 aliphatic carbocycles. The first-order valence-corrected chi connectivity index (χ1v) is 17.7. The van der Waals surface area contributed by atoms with Crippen LogP contribution in [0.15, 0.2) is 33.4 Å². The number of oxime groups is 1. The van der Waals surface area contributed by atoms with Crippen molar-refractivity contribution >= 4 is 81.1 Å². The lowest BCUT2D eigenvalue weighted by Crippen LogP contribution is -2.56. The van der Waals surface area contributed by atoms with E-state index in [-0.39, 0.29) is 28.0 Å². The predicted octanol–water partition coefficient (Wildman–Crippen LogP) is 3.14. The van der Waals surface area contributed by atoms with E-state index >= 15 is 0 Å². The molecule has 0 unspecified atom stereocenters. The third kappa shape index (κ3) is 11.3. The minimum atomic E-state index is -1.50. The second-order valence-corrected chi connectivity index (χ2v) is 15.5. The van der Waals surface area contributed by atoms with Crippen LogP contribution in [0.5, 0.6) is 0 Å². The number of nitrogens with one attached hydrogen (secondary N) is 2. The van der Waals surface area contributed by atoms with Crippen molar-refractivity contribution in [3.63, 3.8) is 0 Å². The number of aryl methyl sites for hydroxylation is 1. The Balaban J connectivity index is 1.94. The van der Waals surface area contributed by atoms with Crippen LogP contribution >= 0.6 is 34.4 Å². The molecule has 0 fully saturated rings. The van der Waals surface area contributed by atoms with E-state index in [1.165, 1.54) is 23.8 Å². The zero-order valence-electron chi connectivity index (χ0n) is 28.8. The van der Waals surface area contributed by atoms with Crippen LogP contribution in [0, 0.1) is 17.8 Å². The Kier molecular flexibility index (Phi) is 13.9. The lowest BCUT2D eigenvalue weighted by molar-refractivity contribution is -0.175. The smallest absolute Gasteiger partial charge is 0.357 e. The molecule has 0 saturated heterocycles. The first-order chi connectivity index (χ1) is 23.4. The SMILES string of the molecule is CO/N=C(\C(=O)N[C@H](C(=O)OCOC(=O)C(C)(C)C)[C@@H]1NC(C(=O)OCOC(=O)C(C)(C)C)=C(/C=C\c2scnc2C)CS1)c1csc(N)n1. The van der Waals surface area contributed by atoms with Crippen molar-refractivity contribution in [2.24, 2.45) is 16.0 Å². The Hall–Kier alpha value is -4.49. The number of ether oxygens (including phenoxy) is 4. The number of nitrogens with zero attached hydrogens (tertiary/aromatic N) is 3. The van der Waals surface area contributed by atoms with Gasteiger partial charge in [0.2, 0.25) is 13.6 Å². The molecular weight excluding hydrogens is 713 g/mol. The molecule has 2 aromatic heterocycles. The van der Waals surface area contributed by atoms with Crippen molar-refractivity contribution in [1.82, 2.24) is 20.6 Å². The Morgan fingerprint density at radius 1 is 1.02 bits per heavy atom. The Labute approximate surface area is 301 Å². The van der Waals surface area contributed by atoms with Crippen molar-refractivity contribution in [2.45, 2.75) is 59.9 Å². The van der Waals surface area contributed by atoms with Gasteiger partial charge in [0.1, 0.15) is 23.9 Å². The summed E-state index contributed by atoms with van der Waals surface area (Å²) in [5, 5.41) is 9.90. The Bertz CT molecular complexity index is 1670. The number of esters is 4. The summed E-state index contributed by atoms with van der Waals surface area (Å²) < 4.78 is 20.8. The van der Waals surface area contributed by atoms with Crippen LogP contribution in [-0.4, -0.2) is 83.3 Å². The molecule has 1 aliphatic rings. The van der Waals surface area contributed by atoms with Crippen molar-refractivity contribution in [1.29, 1.82) is 0 Å². The number of hydrogen-bond acceptors (Lipinski definition) is 18. The quantitative estimate of drug-likeness (QED) is 0.116. The molecule has 3 heterocycles. The number of nitrogen functional groups attached to an aromatic ring is 1. The van der Waals surface area contributed by atoms with Gasteiger partial charge in [0.05, 0.1) is 22.0 Å². The number of amides is 1. The predicted molar refractivity (Wildman–Crippen MR) is 187 cm³/mol. The topological polar surface area (TPSA) is 220 Å². The standard InChI is InChI=1S/C31H40N6O10S3/c1-16-19(50-13-33-16)10-9-17-11-48-24(36-20(17)25(39)44-14-46-27(41)30(2,3)4)22(26(40)45-15-47-28(42)31(5,6)7)35-23(38)21(37-43-8)18-12-49-29(32)34-18/h9-10,12-13,22,24,36H,11,14-15H2,1-8H3,(H2,32,34)(H,35,38)/b10-9-,37-21-/t22-,24+/m0/s1. The molecule has 1 amide bonds. The maximum atomic E-state index is 13.6. The molecule has 2 atom stereocenters. The van der Waals surface area contributed by atoms with Crippen molar-refractivity contribution < 1.29 is 47.8 Å². The third-order valence-electron chi connectivity index (χ3n) is 6.45. The molecule has 50 heavy (non-hydrogen) atoms. The minimum Gasteiger partial charge on any atom is -0.427 e. The molecule has 0 radical (unpaired) electrons. The fraction of sp³-hybridized carbons (Fsp3) is 0.484. The van der Waals surface area contributed by atoms with Gasteiger partial charge >= 0.3 is 23.9 Å². The number of nitrogens with two attached hydrogens (primary N) is 1. The van der Waals surface area contributed by atoms with Gasteiger partial charge in [-0.25, -0.2) is 19.6 Å². The van der Waals surface area contributed by atoms with Gasteiger partial charge in [0.15, 0.2) is 16.9 Å². The first kappa shape index (κ1) is 39.9. The maximum Gasteiger partial charge on any atom is 0.357 e. The molecule has 0 spiro atoms. The number of anilines is 1. The molecule has 0 aromatic carbocycles. The van der Waals surface area contributed by atoms with Crippen molar-refractivity contribution in [3.05, 3.63) is 44.5 Å². The van der Waals surface area contributed by atoms with Gasteiger partial charge in [0.25, 0.3) is 5.91 Å². The van der Waals surface area contributed by atoms with Gasteiger partial charge in [-0.15, -0.1) is 34.4 Å². The summed E-state index contributed by atoms with van der Waals surface area (Å²) in [7, 11) is 1.22. The summed E-state index contributed by atoms with van der Waals surface area (Å²) in [5.74, 6) is -3.85. The van der Waals surface area contributed by atoms with Crippen LogP contribution in [0.25, 0.3) is 6.08 Å². The van der Waals surface area contributed by atoms with E-state index in [0.717, 1.165) is 33.7 Å². The highest BCUT2D eigenvalue weighted by molar-refractivity contribution is 8.00. The highest BCUT2D eigenvalue weighted by Gasteiger charge is 2.38. The van der Waals surface area contributed by atoms with Crippen LogP contribution in [-0.2, 0) is 47.8 Å². The summed E-state index contributed by atoms with van der Waals surface area (Å²) in [6, 6.07) is -1.50. The number of carbonyl (C=O) groups excluding carboxylic acids is 5. The van der Waals surface area contributed by atoms with E-state index in [2.05, 4.69) is 25.8 Å². The Morgan fingerprint density at radius 3 is 2.20 bits per heavy atom. The van der Waals surface area contributed by atoms with Gasteiger partial charge in [-0.3, -0.25) is 14.4 Å². The molecule has 272 valence electrons. The van der Waals surface area contributed by atoms with Crippen molar-refractivity contribution in [2.75, 3.05) is 32.2 Å². The average Bonchev–Trinajstić information content (AvgIpc) is 3.67. The van der Waals surface area contributed by atoms with Crippen molar-refractivity contribution in [3.8, 4) is 0 Å². The van der Waals surface area contributed by atoms with Crippen LogP contribution in [0.1, 0.15) is 57.8 Å². The van der Waals surface area contributed by atoms with Gasteiger partial charge < -0.3 is 40.2 Å². The molecule has 3 rings (SSSR count). The molecule has 0 bridgehead atoms. The zero-order valence-corrected chi connectivity index (χ0v) is 31.3. The van der Waals surface area contributed by atoms with Crippen LogP contribution < -0.4 is 16.4 Å². The average molecular weight is 753 g/mol. The molecule has 4 N–H and O–H groups in total. The number of thioether (sulfide) groups is 1. The molecular formula is C31H40N6O10S3. The van der Waals surface area contributed by atoms with Gasteiger partial charge in [0, 0.05) is 16.0 Å². The number of hydrogen-bond donors (Lipinski definition) is 3. The van der Waals surface area contributed by atoms with E-state index < -0.39 is 65.6 Å². The number of carbonyl (C=O) groups is 5. The van der Waals surface area contributed by atoms with Gasteiger partial charge in [-0.1, -0.05) is 11.2 Å². The van der Waals surface area contributed by atoms with Crippen LogP contribution in [0.3, 0.4) is 0 Å². The largest absolute Gasteiger partial charge is 0.427 e. The number of aromatic nitrogens is 2. The second-order valence-electron chi connectivity index (χ2n) is 12.6. The molecule has 1 aliphatic heterocycles. The molecule has 2 aromatic rings. The third-order valence-corrected chi connectivity index (χ3v) is 9.25. The van der Waals surface area contributed by atoms with Crippen LogP contribution in [0.2, 0.25) is 0 Å². The highest BCUT2D eigenvalue weighted by Crippen LogP contribution is 2.28. The summed E-state index contributed by atoms with van der Waals surface area (Å²) in [6.45, 7) is 10.3. The van der Waals surface area contributed by atoms with Gasteiger partial charge in [-0.2, -0.15) is 0 Å².